The lowest BCUT2D eigenvalue weighted by Gasteiger charge is -2.28. The molecule has 0 spiro atoms. The fourth-order valence-corrected chi connectivity index (χ4v) is 1.74. The Kier molecular flexibility index (Phi) is 4.86. The predicted molar refractivity (Wildman–Crippen MR) is 69.3 cm³/mol. The summed E-state index contributed by atoms with van der Waals surface area (Å²) >= 11 is 0. The van der Waals surface area contributed by atoms with Crippen LogP contribution < -0.4 is 11.3 Å². The van der Waals surface area contributed by atoms with Crippen LogP contribution in [0.15, 0.2) is 18.3 Å². The second-order valence-electron chi connectivity index (χ2n) is 4.81. The summed E-state index contributed by atoms with van der Waals surface area (Å²) in [5.41, 5.74) is 2.97. The van der Waals surface area contributed by atoms with Crippen molar-refractivity contribution in [2.75, 3.05) is 18.5 Å². The third-order valence-electron chi connectivity index (χ3n) is 2.44. The Morgan fingerprint density at radius 2 is 2.24 bits per heavy atom. The monoisotopic (exact) mass is 238 g/mol. The van der Waals surface area contributed by atoms with Crippen molar-refractivity contribution in [1.29, 1.82) is 0 Å². The van der Waals surface area contributed by atoms with Gasteiger partial charge >= 0.3 is 0 Å². The zero-order valence-electron chi connectivity index (χ0n) is 10.8. The summed E-state index contributed by atoms with van der Waals surface area (Å²) in [6, 6.07) is 3.86. The average molecular weight is 238 g/mol. The highest BCUT2D eigenvalue weighted by molar-refractivity contribution is 5.35. The number of nitrogen functional groups attached to an aromatic ring is 1. The largest absolute Gasteiger partial charge is 0.389 e. The zero-order chi connectivity index (χ0) is 12.9. The molecule has 1 heterocycles. The number of rotatable bonds is 6. The van der Waals surface area contributed by atoms with Gasteiger partial charge in [0.15, 0.2) is 0 Å². The van der Waals surface area contributed by atoms with Gasteiger partial charge in [-0.25, -0.2) is 10.8 Å². The molecule has 4 N–H and O–H groups in total. The average Bonchev–Trinajstić information content (AvgIpc) is 2.26. The Labute approximate surface area is 103 Å². The molecule has 0 fully saturated rings. The van der Waals surface area contributed by atoms with Gasteiger partial charge in [0, 0.05) is 19.3 Å². The summed E-state index contributed by atoms with van der Waals surface area (Å²) in [5.74, 6) is 5.97. The van der Waals surface area contributed by atoms with Gasteiger partial charge in [-0.2, -0.15) is 0 Å². The molecule has 0 saturated carbocycles. The summed E-state index contributed by atoms with van der Waals surface area (Å²) in [6.45, 7) is 8.01. The van der Waals surface area contributed by atoms with Gasteiger partial charge in [-0.1, -0.05) is 6.92 Å². The number of aromatic nitrogens is 1. The van der Waals surface area contributed by atoms with Crippen molar-refractivity contribution in [3.63, 3.8) is 0 Å². The molecular formula is C12H22N4O. The summed E-state index contributed by atoms with van der Waals surface area (Å²) in [7, 11) is 0. The van der Waals surface area contributed by atoms with Crippen molar-refractivity contribution < 1.29 is 5.11 Å². The van der Waals surface area contributed by atoms with Crippen LogP contribution in [-0.4, -0.2) is 33.7 Å². The van der Waals surface area contributed by atoms with E-state index in [-0.39, 0.29) is 0 Å². The number of anilines is 1. The van der Waals surface area contributed by atoms with E-state index in [9.17, 15) is 5.11 Å². The van der Waals surface area contributed by atoms with E-state index < -0.39 is 5.60 Å². The van der Waals surface area contributed by atoms with Crippen LogP contribution in [0.25, 0.3) is 0 Å². The second kappa shape index (κ2) is 5.95. The lowest BCUT2D eigenvalue weighted by Crippen LogP contribution is -2.38. The van der Waals surface area contributed by atoms with E-state index in [0.29, 0.717) is 12.4 Å². The zero-order valence-corrected chi connectivity index (χ0v) is 10.8. The Hall–Kier alpha value is -1.17. The Morgan fingerprint density at radius 3 is 2.76 bits per heavy atom. The number of nitrogens with one attached hydrogen (secondary N) is 1. The van der Waals surface area contributed by atoms with Crippen LogP contribution in [0.1, 0.15) is 26.3 Å². The number of likely N-dealkylation sites (N-methyl/N-ethyl adjacent to an activating group) is 1. The molecule has 0 radical (unpaired) electrons. The molecule has 0 aromatic carbocycles. The molecule has 1 aromatic rings. The van der Waals surface area contributed by atoms with Crippen molar-refractivity contribution in [3.8, 4) is 0 Å². The van der Waals surface area contributed by atoms with E-state index in [1.165, 1.54) is 0 Å². The smallest absolute Gasteiger partial charge is 0.140 e. The lowest BCUT2D eigenvalue weighted by molar-refractivity contribution is 0.0353. The predicted octanol–water partition coefficient (Wildman–Crippen LogP) is 0.960. The van der Waals surface area contributed by atoms with Gasteiger partial charge in [-0.15, -0.1) is 0 Å². The van der Waals surface area contributed by atoms with E-state index in [1.807, 2.05) is 26.0 Å². The lowest BCUT2D eigenvalue weighted by atomic mass is 10.1. The number of hydrazine groups is 1. The van der Waals surface area contributed by atoms with Crippen molar-refractivity contribution in [1.82, 2.24) is 9.88 Å². The molecule has 0 aliphatic rings. The first-order valence-corrected chi connectivity index (χ1v) is 5.81. The number of aliphatic hydroxyl groups is 1. The first kappa shape index (κ1) is 13.9. The highest BCUT2D eigenvalue weighted by atomic mass is 16.3. The van der Waals surface area contributed by atoms with Gasteiger partial charge in [0.25, 0.3) is 0 Å². The molecule has 1 aromatic heterocycles. The van der Waals surface area contributed by atoms with Gasteiger partial charge in [-0.05, 0) is 38.1 Å². The van der Waals surface area contributed by atoms with Crippen molar-refractivity contribution in [2.45, 2.75) is 32.9 Å². The van der Waals surface area contributed by atoms with E-state index >= 15 is 0 Å². The molecule has 1 rings (SSSR count). The highest BCUT2D eigenvalue weighted by Gasteiger charge is 2.17. The molecule has 0 saturated heterocycles. The second-order valence-corrected chi connectivity index (χ2v) is 4.81. The Bertz CT molecular complexity index is 349. The maximum Gasteiger partial charge on any atom is 0.140 e. The van der Waals surface area contributed by atoms with Gasteiger partial charge in [0.2, 0.25) is 0 Å². The number of nitrogens with two attached hydrogens (primary N) is 1. The molecule has 0 aliphatic heterocycles. The fraction of sp³-hybridized carbons (Fsp3) is 0.583. The highest BCUT2D eigenvalue weighted by Crippen LogP contribution is 2.11. The number of nitrogens with zero attached hydrogens (tertiary/aromatic N) is 2. The van der Waals surface area contributed by atoms with Crippen molar-refractivity contribution >= 4 is 5.82 Å². The molecule has 0 bridgehead atoms. The van der Waals surface area contributed by atoms with Crippen LogP contribution >= 0.6 is 0 Å². The van der Waals surface area contributed by atoms with Gasteiger partial charge in [-0.3, -0.25) is 4.90 Å². The molecular weight excluding hydrogens is 216 g/mol. The van der Waals surface area contributed by atoms with E-state index in [4.69, 9.17) is 5.84 Å². The van der Waals surface area contributed by atoms with Crippen LogP contribution in [0.4, 0.5) is 5.82 Å². The number of hydrogen-bond acceptors (Lipinski definition) is 5. The van der Waals surface area contributed by atoms with E-state index in [1.54, 1.807) is 6.20 Å². The maximum atomic E-state index is 9.81. The standard InChI is InChI=1S/C12H22N4O/c1-4-16(9-12(2,3)17)8-10-5-6-14-11(7-10)15-13/h5-7,17H,4,8-9,13H2,1-3H3,(H,14,15). The van der Waals surface area contributed by atoms with Crippen LogP contribution in [0.5, 0.6) is 0 Å². The topological polar surface area (TPSA) is 74.4 Å². The molecule has 0 amide bonds. The molecule has 0 atom stereocenters. The molecule has 5 nitrogen and oxygen atoms in total. The number of pyridine rings is 1. The quantitative estimate of drug-likeness (QED) is 0.508. The molecule has 5 heteroatoms. The number of hydrogen-bond donors (Lipinski definition) is 3. The summed E-state index contributed by atoms with van der Waals surface area (Å²) in [6.07, 6.45) is 1.72. The van der Waals surface area contributed by atoms with Crippen LogP contribution in [-0.2, 0) is 6.54 Å². The Morgan fingerprint density at radius 1 is 1.53 bits per heavy atom. The van der Waals surface area contributed by atoms with E-state index in [0.717, 1.165) is 18.7 Å². The minimum Gasteiger partial charge on any atom is -0.389 e. The summed E-state index contributed by atoms with van der Waals surface area (Å²) in [4.78, 5) is 6.24. The fourth-order valence-electron chi connectivity index (χ4n) is 1.74. The third-order valence-corrected chi connectivity index (χ3v) is 2.44. The van der Waals surface area contributed by atoms with Crippen LogP contribution in [0.3, 0.4) is 0 Å². The van der Waals surface area contributed by atoms with Gasteiger partial charge < -0.3 is 10.5 Å². The van der Waals surface area contributed by atoms with Crippen LogP contribution in [0.2, 0.25) is 0 Å². The van der Waals surface area contributed by atoms with E-state index in [2.05, 4.69) is 22.2 Å². The molecule has 0 aliphatic carbocycles. The summed E-state index contributed by atoms with van der Waals surface area (Å²) in [5, 5.41) is 9.81. The Balaban J connectivity index is 2.67. The molecule has 0 unspecified atom stereocenters. The van der Waals surface area contributed by atoms with Crippen molar-refractivity contribution in [3.05, 3.63) is 23.9 Å². The van der Waals surface area contributed by atoms with Gasteiger partial charge in [0.05, 0.1) is 5.60 Å². The molecule has 96 valence electrons. The first-order valence-electron chi connectivity index (χ1n) is 5.81. The van der Waals surface area contributed by atoms with Crippen molar-refractivity contribution in [2.24, 2.45) is 5.84 Å². The third kappa shape index (κ3) is 5.12. The normalized spacial score (nSPS) is 11.9. The summed E-state index contributed by atoms with van der Waals surface area (Å²) < 4.78 is 0. The minimum atomic E-state index is -0.683. The van der Waals surface area contributed by atoms with Gasteiger partial charge in [0.1, 0.15) is 5.82 Å². The molecule has 17 heavy (non-hydrogen) atoms. The van der Waals surface area contributed by atoms with Crippen LogP contribution in [0, 0.1) is 0 Å². The maximum absolute atomic E-state index is 9.81. The SMILES string of the molecule is CCN(Cc1ccnc(NN)c1)CC(C)(C)O. The minimum absolute atomic E-state index is 0.636. The first-order chi connectivity index (χ1) is 7.94.